The van der Waals surface area contributed by atoms with E-state index in [-0.39, 0.29) is 13.0 Å². The summed E-state index contributed by atoms with van der Waals surface area (Å²) in [6, 6.07) is 2.85. The molecule has 0 aliphatic rings. The summed E-state index contributed by atoms with van der Waals surface area (Å²) in [6.07, 6.45) is -4.72. The van der Waals surface area contributed by atoms with Crippen molar-refractivity contribution in [1.29, 1.82) is 0 Å². The minimum absolute atomic E-state index is 0.0741. The third-order valence-corrected chi connectivity index (χ3v) is 2.88. The lowest BCUT2D eigenvalue weighted by Gasteiger charge is -2.21. The molecule has 4 nitrogen and oxygen atoms in total. The Morgan fingerprint density at radius 2 is 1.89 bits per heavy atom. The van der Waals surface area contributed by atoms with Gasteiger partial charge in [-0.3, -0.25) is 9.59 Å². The maximum absolute atomic E-state index is 12.7. The number of halogens is 3. The van der Waals surface area contributed by atoms with Gasteiger partial charge in [0.1, 0.15) is 5.69 Å². The van der Waals surface area contributed by atoms with E-state index >= 15 is 0 Å². The largest absolute Gasteiger partial charge is 0.481 e. The molecule has 19 heavy (non-hydrogen) atoms. The molecule has 7 heteroatoms. The molecule has 0 aliphatic heterocycles. The molecule has 1 rings (SSSR count). The molecule has 0 saturated heterocycles. The highest BCUT2D eigenvalue weighted by molar-refractivity contribution is 5.73. The van der Waals surface area contributed by atoms with Crippen LogP contribution in [0.25, 0.3) is 0 Å². The maximum atomic E-state index is 12.7. The Morgan fingerprint density at radius 3 is 2.37 bits per heavy atom. The van der Waals surface area contributed by atoms with Crippen molar-refractivity contribution in [2.24, 2.45) is 5.41 Å². The summed E-state index contributed by atoms with van der Waals surface area (Å²) in [5.74, 6) is -1.12. The zero-order chi connectivity index (χ0) is 14.8. The van der Waals surface area contributed by atoms with Crippen molar-refractivity contribution in [2.75, 3.05) is 0 Å². The second-order valence-corrected chi connectivity index (χ2v) is 4.84. The summed E-state index contributed by atoms with van der Waals surface area (Å²) >= 11 is 0. The molecule has 0 unspecified atom stereocenters. The Kier molecular flexibility index (Phi) is 4.07. The van der Waals surface area contributed by atoms with Crippen molar-refractivity contribution in [2.45, 2.75) is 33.0 Å². The smallest absolute Gasteiger partial charge is 0.431 e. The van der Waals surface area contributed by atoms with Gasteiger partial charge in [0.25, 0.3) is 5.56 Å². The molecule has 0 saturated carbocycles. The van der Waals surface area contributed by atoms with Crippen LogP contribution in [0, 0.1) is 5.41 Å². The van der Waals surface area contributed by atoms with Crippen LogP contribution in [0.2, 0.25) is 0 Å². The molecule has 0 fully saturated rings. The summed E-state index contributed by atoms with van der Waals surface area (Å²) in [7, 11) is 0. The van der Waals surface area contributed by atoms with E-state index in [0.717, 1.165) is 18.2 Å². The number of hydrogen-bond acceptors (Lipinski definition) is 2. The van der Waals surface area contributed by atoms with Gasteiger partial charge in [-0.15, -0.1) is 0 Å². The van der Waals surface area contributed by atoms with Crippen molar-refractivity contribution >= 4 is 5.97 Å². The first-order valence-electron chi connectivity index (χ1n) is 5.56. The van der Waals surface area contributed by atoms with E-state index in [9.17, 15) is 22.8 Å². The molecule has 0 bridgehead atoms. The molecule has 0 spiro atoms. The lowest BCUT2D eigenvalue weighted by Crippen LogP contribution is -2.31. The predicted molar refractivity (Wildman–Crippen MR) is 61.7 cm³/mol. The molecular weight excluding hydrogens is 263 g/mol. The lowest BCUT2D eigenvalue weighted by atomic mass is 9.89. The number of rotatable bonds is 4. The highest BCUT2D eigenvalue weighted by Crippen LogP contribution is 2.29. The monoisotopic (exact) mass is 277 g/mol. The Balaban J connectivity index is 3.09. The van der Waals surface area contributed by atoms with Crippen molar-refractivity contribution < 1.29 is 23.1 Å². The van der Waals surface area contributed by atoms with Crippen LogP contribution in [0.3, 0.4) is 0 Å². The van der Waals surface area contributed by atoms with E-state index in [4.69, 9.17) is 5.11 Å². The minimum Gasteiger partial charge on any atom is -0.481 e. The van der Waals surface area contributed by atoms with Gasteiger partial charge in [-0.05, 0) is 26.3 Å². The molecule has 0 amide bonds. The highest BCUT2D eigenvalue weighted by Gasteiger charge is 2.35. The number of pyridine rings is 1. The molecule has 0 aliphatic carbocycles. The van der Waals surface area contributed by atoms with Crippen LogP contribution in [0.5, 0.6) is 0 Å². The van der Waals surface area contributed by atoms with Gasteiger partial charge in [0, 0.05) is 12.6 Å². The predicted octanol–water partition coefficient (Wildman–Crippen LogP) is 2.37. The molecule has 106 valence electrons. The van der Waals surface area contributed by atoms with Crippen LogP contribution >= 0.6 is 0 Å². The summed E-state index contributed by atoms with van der Waals surface area (Å²) in [4.78, 5) is 22.4. The Morgan fingerprint density at radius 1 is 1.32 bits per heavy atom. The van der Waals surface area contributed by atoms with E-state index in [0.29, 0.717) is 4.57 Å². The first-order chi connectivity index (χ1) is 8.55. The van der Waals surface area contributed by atoms with Crippen molar-refractivity contribution in [3.05, 3.63) is 34.2 Å². The third-order valence-electron chi connectivity index (χ3n) is 2.88. The zero-order valence-corrected chi connectivity index (χ0v) is 10.5. The van der Waals surface area contributed by atoms with Gasteiger partial charge in [0.2, 0.25) is 0 Å². The van der Waals surface area contributed by atoms with Crippen LogP contribution in [-0.4, -0.2) is 15.6 Å². The molecular formula is C12H14F3NO3. The average Bonchev–Trinajstić information content (AvgIpc) is 2.25. The summed E-state index contributed by atoms with van der Waals surface area (Å²) in [5.41, 5.74) is -3.06. The van der Waals surface area contributed by atoms with Gasteiger partial charge in [-0.25, -0.2) is 0 Å². The number of aliphatic carboxylic acids is 1. The van der Waals surface area contributed by atoms with Crippen LogP contribution in [-0.2, 0) is 17.5 Å². The van der Waals surface area contributed by atoms with Crippen LogP contribution in [0.15, 0.2) is 23.0 Å². The molecule has 1 aromatic rings. The third kappa shape index (κ3) is 3.59. The van der Waals surface area contributed by atoms with Crippen molar-refractivity contribution in [1.82, 2.24) is 4.57 Å². The molecule has 0 aromatic carbocycles. The normalized spacial score (nSPS) is 12.5. The first-order valence-corrected chi connectivity index (χ1v) is 5.56. The zero-order valence-electron chi connectivity index (χ0n) is 10.5. The van der Waals surface area contributed by atoms with Crippen molar-refractivity contribution in [3.8, 4) is 0 Å². The van der Waals surface area contributed by atoms with Crippen LogP contribution < -0.4 is 5.56 Å². The van der Waals surface area contributed by atoms with Gasteiger partial charge in [-0.1, -0.05) is 6.07 Å². The summed E-state index contributed by atoms with van der Waals surface area (Å²) < 4.78 is 38.8. The molecule has 1 aromatic heterocycles. The van der Waals surface area contributed by atoms with Gasteiger partial charge in [-0.2, -0.15) is 13.2 Å². The number of carboxylic acid groups (broad SMARTS) is 1. The van der Waals surface area contributed by atoms with Gasteiger partial charge in [0.15, 0.2) is 0 Å². The fraction of sp³-hybridized carbons (Fsp3) is 0.500. The number of aromatic nitrogens is 1. The van der Waals surface area contributed by atoms with Gasteiger partial charge >= 0.3 is 12.1 Å². The number of nitrogens with zero attached hydrogens (tertiary/aromatic N) is 1. The van der Waals surface area contributed by atoms with E-state index in [1.54, 1.807) is 0 Å². The lowest BCUT2D eigenvalue weighted by molar-refractivity contribution is -0.147. The fourth-order valence-corrected chi connectivity index (χ4v) is 1.50. The number of hydrogen-bond donors (Lipinski definition) is 1. The topological polar surface area (TPSA) is 59.3 Å². The highest BCUT2D eigenvalue weighted by atomic mass is 19.4. The van der Waals surface area contributed by atoms with E-state index in [2.05, 4.69) is 0 Å². The quantitative estimate of drug-likeness (QED) is 0.919. The summed E-state index contributed by atoms with van der Waals surface area (Å²) in [6.45, 7) is 2.50. The Bertz CT molecular complexity index is 532. The Labute approximate surface area is 107 Å². The molecule has 1 heterocycles. The average molecular weight is 277 g/mol. The first kappa shape index (κ1) is 15.3. The SMILES string of the molecule is CC(C)(CCn1c(C(F)(F)F)cccc1=O)C(=O)O. The fourth-order valence-electron chi connectivity index (χ4n) is 1.50. The standard InChI is InChI=1S/C12H14F3NO3/c1-11(2,10(18)19)6-7-16-8(12(13,14)15)4-3-5-9(16)17/h3-5H,6-7H2,1-2H3,(H,18,19). The summed E-state index contributed by atoms with van der Waals surface area (Å²) in [5, 5.41) is 8.91. The van der Waals surface area contributed by atoms with Crippen LogP contribution in [0.1, 0.15) is 26.0 Å². The second-order valence-electron chi connectivity index (χ2n) is 4.84. The van der Waals surface area contributed by atoms with E-state index < -0.39 is 28.8 Å². The van der Waals surface area contributed by atoms with E-state index in [1.165, 1.54) is 13.8 Å². The van der Waals surface area contributed by atoms with Crippen molar-refractivity contribution in [3.63, 3.8) is 0 Å². The van der Waals surface area contributed by atoms with Gasteiger partial charge < -0.3 is 9.67 Å². The number of carbonyl (C=O) groups is 1. The molecule has 1 N–H and O–H groups in total. The van der Waals surface area contributed by atoms with Crippen LogP contribution in [0.4, 0.5) is 13.2 Å². The van der Waals surface area contributed by atoms with E-state index in [1.807, 2.05) is 0 Å². The second kappa shape index (κ2) is 5.07. The minimum atomic E-state index is -4.65. The number of carboxylic acids is 1. The maximum Gasteiger partial charge on any atom is 0.431 e. The van der Waals surface area contributed by atoms with Gasteiger partial charge in [0.05, 0.1) is 5.41 Å². The number of alkyl halides is 3. The Hall–Kier alpha value is -1.79. The molecule has 0 radical (unpaired) electrons. The molecule has 0 atom stereocenters.